The van der Waals surface area contributed by atoms with Gasteiger partial charge in [-0.25, -0.2) is 0 Å². The monoisotopic (exact) mass is 369 g/mol. The highest BCUT2D eigenvalue weighted by atomic mass is 16.6. The summed E-state index contributed by atoms with van der Waals surface area (Å²) >= 11 is 0. The van der Waals surface area contributed by atoms with E-state index < -0.39 is 0 Å². The number of aliphatic hydroxyl groups excluding tert-OH is 1. The summed E-state index contributed by atoms with van der Waals surface area (Å²) in [6.07, 6.45) is 0.678. The Kier molecular flexibility index (Phi) is 6.20. The molecule has 2 atom stereocenters. The maximum Gasteiger partial charge on any atom is 0.127 e. The molecular weight excluding hydrogens is 338 g/mol. The van der Waals surface area contributed by atoms with Crippen molar-refractivity contribution in [1.82, 2.24) is 5.32 Å². The van der Waals surface area contributed by atoms with E-state index >= 15 is 0 Å². The molecular formula is C23H31NO3. The highest BCUT2D eigenvalue weighted by Crippen LogP contribution is 2.35. The van der Waals surface area contributed by atoms with Gasteiger partial charge in [-0.1, -0.05) is 57.2 Å². The Hall–Kier alpha value is -1.88. The molecule has 1 fully saturated rings. The lowest BCUT2D eigenvalue weighted by Crippen LogP contribution is -2.36. The summed E-state index contributed by atoms with van der Waals surface area (Å²) in [5.74, 6) is 0.854. The Bertz CT molecular complexity index is 752. The zero-order valence-electron chi connectivity index (χ0n) is 16.8. The quantitative estimate of drug-likeness (QED) is 0.810. The topological polar surface area (TPSA) is 50.7 Å². The summed E-state index contributed by atoms with van der Waals surface area (Å²) in [5, 5.41) is 12.9. The molecule has 3 rings (SSSR count). The Morgan fingerprint density at radius 2 is 1.93 bits per heavy atom. The van der Waals surface area contributed by atoms with Crippen molar-refractivity contribution in [2.75, 3.05) is 19.8 Å². The van der Waals surface area contributed by atoms with Crippen LogP contribution in [0.15, 0.2) is 42.5 Å². The molecule has 0 aliphatic carbocycles. The molecule has 4 nitrogen and oxygen atoms in total. The van der Waals surface area contributed by atoms with Crippen LogP contribution in [-0.4, -0.2) is 37.2 Å². The number of aliphatic hydroxyl groups is 1. The molecule has 27 heavy (non-hydrogen) atoms. The molecule has 2 N–H and O–H groups in total. The lowest BCUT2D eigenvalue weighted by molar-refractivity contribution is -0.0362. The third-order valence-electron chi connectivity index (χ3n) is 4.84. The first-order chi connectivity index (χ1) is 12.9. The second kappa shape index (κ2) is 8.42. The molecule has 0 spiro atoms. The van der Waals surface area contributed by atoms with E-state index in [9.17, 15) is 5.11 Å². The van der Waals surface area contributed by atoms with Gasteiger partial charge in [0, 0.05) is 24.1 Å². The van der Waals surface area contributed by atoms with Crippen LogP contribution in [0, 0.1) is 12.3 Å². The smallest absolute Gasteiger partial charge is 0.127 e. The van der Waals surface area contributed by atoms with Gasteiger partial charge in [0.25, 0.3) is 0 Å². The van der Waals surface area contributed by atoms with Crippen molar-refractivity contribution in [3.8, 4) is 16.9 Å². The Labute approximate surface area is 162 Å². The van der Waals surface area contributed by atoms with Crippen LogP contribution in [0.1, 0.15) is 31.9 Å². The lowest BCUT2D eigenvalue weighted by Gasteiger charge is -2.26. The van der Waals surface area contributed by atoms with E-state index in [0.717, 1.165) is 34.5 Å². The van der Waals surface area contributed by atoms with E-state index in [1.165, 1.54) is 0 Å². The number of hydrogen-bond acceptors (Lipinski definition) is 4. The van der Waals surface area contributed by atoms with E-state index in [2.05, 4.69) is 57.3 Å². The largest absolute Gasteiger partial charge is 0.490 e. The normalized spacial score (nSPS) is 20.0. The molecule has 1 heterocycles. The zero-order chi connectivity index (χ0) is 19.4. The minimum atomic E-state index is 0.0275. The van der Waals surface area contributed by atoms with Crippen LogP contribution in [0.4, 0.5) is 0 Å². The van der Waals surface area contributed by atoms with Crippen LogP contribution in [0.25, 0.3) is 11.1 Å². The number of hydrogen-bond donors (Lipinski definition) is 2. The molecule has 2 aromatic rings. The summed E-state index contributed by atoms with van der Waals surface area (Å²) in [4.78, 5) is 0. The van der Waals surface area contributed by atoms with Crippen molar-refractivity contribution in [2.45, 2.75) is 46.4 Å². The van der Waals surface area contributed by atoms with Crippen molar-refractivity contribution in [2.24, 2.45) is 5.41 Å². The molecule has 0 amide bonds. The van der Waals surface area contributed by atoms with Crippen molar-refractivity contribution < 1.29 is 14.6 Å². The van der Waals surface area contributed by atoms with E-state index in [-0.39, 0.29) is 24.4 Å². The maximum atomic E-state index is 9.51. The van der Waals surface area contributed by atoms with Crippen molar-refractivity contribution in [3.63, 3.8) is 0 Å². The van der Waals surface area contributed by atoms with Gasteiger partial charge in [0.2, 0.25) is 0 Å². The van der Waals surface area contributed by atoms with Gasteiger partial charge in [0.05, 0.1) is 0 Å². The van der Waals surface area contributed by atoms with Crippen LogP contribution in [0.5, 0.6) is 5.75 Å². The molecule has 0 bridgehead atoms. The molecule has 0 saturated carbocycles. The van der Waals surface area contributed by atoms with Gasteiger partial charge in [-0.15, -0.1) is 0 Å². The second-order valence-corrected chi connectivity index (χ2v) is 8.36. The number of rotatable bonds is 6. The van der Waals surface area contributed by atoms with E-state index in [1.807, 2.05) is 18.2 Å². The lowest BCUT2D eigenvalue weighted by atomic mass is 9.94. The molecule has 1 aliphatic rings. The fourth-order valence-corrected chi connectivity index (χ4v) is 3.51. The average Bonchev–Trinajstić information content (AvgIpc) is 3.10. The number of benzene rings is 2. The molecule has 1 saturated heterocycles. The second-order valence-electron chi connectivity index (χ2n) is 8.36. The molecule has 2 aromatic carbocycles. The first-order valence-electron chi connectivity index (χ1n) is 9.70. The highest BCUT2D eigenvalue weighted by molar-refractivity contribution is 5.74. The third kappa shape index (κ3) is 4.89. The summed E-state index contributed by atoms with van der Waals surface area (Å²) in [7, 11) is 0. The zero-order valence-corrected chi connectivity index (χ0v) is 16.8. The highest BCUT2D eigenvalue weighted by Gasteiger charge is 2.33. The average molecular weight is 370 g/mol. The minimum absolute atomic E-state index is 0.0275. The third-order valence-corrected chi connectivity index (χ3v) is 4.84. The number of aryl methyl sites for hydroxylation is 1. The van der Waals surface area contributed by atoms with Crippen molar-refractivity contribution in [3.05, 3.63) is 53.6 Å². The first-order valence-corrected chi connectivity index (χ1v) is 9.70. The fourth-order valence-electron chi connectivity index (χ4n) is 3.51. The maximum absolute atomic E-state index is 9.51. The summed E-state index contributed by atoms with van der Waals surface area (Å²) in [5.41, 5.74) is 4.46. The van der Waals surface area contributed by atoms with Gasteiger partial charge in [0.1, 0.15) is 24.7 Å². The van der Waals surface area contributed by atoms with Crippen LogP contribution >= 0.6 is 0 Å². The van der Waals surface area contributed by atoms with Crippen molar-refractivity contribution >= 4 is 0 Å². The van der Waals surface area contributed by atoms with Crippen LogP contribution in [0.3, 0.4) is 0 Å². The van der Waals surface area contributed by atoms with E-state index in [1.54, 1.807) is 0 Å². The first kappa shape index (κ1) is 19.9. The minimum Gasteiger partial charge on any atom is -0.490 e. The molecule has 2 unspecified atom stereocenters. The Morgan fingerprint density at radius 3 is 2.56 bits per heavy atom. The van der Waals surface area contributed by atoms with Gasteiger partial charge in [-0.2, -0.15) is 0 Å². The Morgan fingerprint density at radius 1 is 1.19 bits per heavy atom. The van der Waals surface area contributed by atoms with Gasteiger partial charge < -0.3 is 14.6 Å². The predicted octanol–water partition coefficient (Wildman–Crippen LogP) is 3.94. The SMILES string of the molecule is Cc1cc(CCO)c(-c2ccccc2)c(OCC2CNC(C(C)(C)C)O2)c1. The van der Waals surface area contributed by atoms with E-state index in [0.29, 0.717) is 13.0 Å². The molecule has 0 radical (unpaired) electrons. The van der Waals surface area contributed by atoms with Gasteiger partial charge in [0.15, 0.2) is 0 Å². The van der Waals surface area contributed by atoms with E-state index in [4.69, 9.17) is 9.47 Å². The molecule has 0 aromatic heterocycles. The predicted molar refractivity (Wildman–Crippen MR) is 109 cm³/mol. The van der Waals surface area contributed by atoms with Crippen molar-refractivity contribution in [1.29, 1.82) is 0 Å². The Balaban J connectivity index is 1.82. The number of ether oxygens (including phenoxy) is 2. The summed E-state index contributed by atoms with van der Waals surface area (Å²) in [6, 6.07) is 14.4. The van der Waals surface area contributed by atoms with Crippen LogP contribution in [-0.2, 0) is 11.2 Å². The van der Waals surface area contributed by atoms with Gasteiger partial charge in [-0.3, -0.25) is 5.32 Å². The van der Waals surface area contributed by atoms with Crippen LogP contribution < -0.4 is 10.1 Å². The number of nitrogens with one attached hydrogen (secondary N) is 1. The molecule has 146 valence electrons. The van der Waals surface area contributed by atoms with Gasteiger partial charge in [-0.05, 0) is 36.1 Å². The standard InChI is InChI=1S/C23H31NO3/c1-16-12-18(10-11-25)21(17-8-6-5-7-9-17)20(13-16)26-15-19-14-24-22(27-19)23(2,3)4/h5-9,12-13,19,22,24-25H,10-11,14-15H2,1-4H3. The van der Waals surface area contributed by atoms with Crippen LogP contribution in [0.2, 0.25) is 0 Å². The fraction of sp³-hybridized carbons (Fsp3) is 0.478. The van der Waals surface area contributed by atoms with Gasteiger partial charge >= 0.3 is 0 Å². The summed E-state index contributed by atoms with van der Waals surface area (Å²) < 4.78 is 12.4. The molecule has 4 heteroatoms. The molecule has 1 aliphatic heterocycles. The summed E-state index contributed by atoms with van der Waals surface area (Å²) in [6.45, 7) is 9.98.